The van der Waals surface area contributed by atoms with Crippen LogP contribution in [0, 0.1) is 0 Å². The monoisotopic (exact) mass is 325 g/mol. The summed E-state index contributed by atoms with van der Waals surface area (Å²) in [4.78, 5) is 5.37. The fourth-order valence-electron chi connectivity index (χ4n) is 2.10. The van der Waals surface area contributed by atoms with E-state index in [-0.39, 0.29) is 0 Å². The smallest absolute Gasteiger partial charge is 0.199 e. The van der Waals surface area contributed by atoms with E-state index in [2.05, 4.69) is 32.4 Å². The number of para-hydroxylation sites is 1. The molecule has 0 radical (unpaired) electrons. The molecule has 2 aromatic carbocycles. The fraction of sp³-hybridized carbons (Fsp3) is 0.0588. The molecule has 0 bridgehead atoms. The maximum atomic E-state index is 5.32. The summed E-state index contributed by atoms with van der Waals surface area (Å²) in [5.74, 6) is 0. The van der Waals surface area contributed by atoms with Gasteiger partial charge in [0.25, 0.3) is 0 Å². The quantitative estimate of drug-likeness (QED) is 0.720. The highest BCUT2D eigenvalue weighted by atomic mass is 32.1. The van der Waals surface area contributed by atoms with Crippen LogP contribution in [-0.4, -0.2) is 9.68 Å². The van der Waals surface area contributed by atoms with Crippen LogP contribution in [0.15, 0.2) is 71.0 Å². The van der Waals surface area contributed by atoms with Crippen LogP contribution in [0.1, 0.15) is 0 Å². The third-order valence-corrected chi connectivity index (χ3v) is 4.33. The third-order valence-electron chi connectivity index (χ3n) is 3.22. The molecule has 1 aromatic heterocycles. The van der Waals surface area contributed by atoms with Gasteiger partial charge in [-0.25, -0.2) is 0 Å². The van der Waals surface area contributed by atoms with E-state index in [0.717, 1.165) is 16.2 Å². The van der Waals surface area contributed by atoms with Crippen molar-refractivity contribution in [1.29, 1.82) is 0 Å². The van der Waals surface area contributed by atoms with Crippen molar-refractivity contribution in [3.05, 3.63) is 70.8 Å². The lowest BCUT2D eigenvalue weighted by atomic mass is 10.2. The number of aromatic nitrogens is 1. The zero-order valence-electron chi connectivity index (χ0n) is 12.1. The molecule has 0 saturated heterocycles. The Morgan fingerprint density at radius 3 is 2.36 bits per heavy atom. The maximum Gasteiger partial charge on any atom is 0.199 e. The second kappa shape index (κ2) is 6.68. The molecule has 1 heterocycles. The molecule has 0 saturated carbocycles. The van der Waals surface area contributed by atoms with Gasteiger partial charge in [0.05, 0.1) is 5.69 Å². The molecule has 0 aliphatic rings. The molecule has 0 fully saturated rings. The minimum atomic E-state index is 0.461. The summed E-state index contributed by atoms with van der Waals surface area (Å²) < 4.78 is 2.05. The topological polar surface area (TPSA) is 29.3 Å². The van der Waals surface area contributed by atoms with E-state index in [1.807, 2.05) is 55.6 Å². The molecule has 3 aromatic rings. The normalized spacial score (nSPS) is 11.4. The number of anilines is 1. The molecule has 22 heavy (non-hydrogen) atoms. The lowest BCUT2D eigenvalue weighted by Crippen LogP contribution is -2.17. The van der Waals surface area contributed by atoms with Crippen molar-refractivity contribution in [2.75, 3.05) is 5.32 Å². The zero-order chi connectivity index (χ0) is 15.4. The van der Waals surface area contributed by atoms with E-state index < -0.39 is 0 Å². The Morgan fingerprint density at radius 2 is 1.68 bits per heavy atom. The number of rotatable bonds is 2. The summed E-state index contributed by atoms with van der Waals surface area (Å²) in [7, 11) is 2.00. The van der Waals surface area contributed by atoms with Crippen molar-refractivity contribution < 1.29 is 0 Å². The molecule has 0 spiro atoms. The van der Waals surface area contributed by atoms with Crippen molar-refractivity contribution in [3.8, 4) is 11.3 Å². The van der Waals surface area contributed by atoms with Crippen LogP contribution < -0.4 is 10.1 Å². The van der Waals surface area contributed by atoms with Crippen LogP contribution in [0.3, 0.4) is 0 Å². The fourth-order valence-corrected chi connectivity index (χ4v) is 3.28. The number of thiocarbonyl (C=S) groups is 1. The van der Waals surface area contributed by atoms with Gasteiger partial charge in [0.1, 0.15) is 0 Å². The molecule has 0 aliphatic carbocycles. The van der Waals surface area contributed by atoms with Gasteiger partial charge in [-0.2, -0.15) is 4.99 Å². The van der Waals surface area contributed by atoms with Crippen molar-refractivity contribution in [1.82, 2.24) is 4.57 Å². The van der Waals surface area contributed by atoms with Crippen LogP contribution >= 0.6 is 23.6 Å². The van der Waals surface area contributed by atoms with E-state index in [1.54, 1.807) is 11.3 Å². The van der Waals surface area contributed by atoms with Gasteiger partial charge in [-0.15, -0.1) is 11.3 Å². The minimum absolute atomic E-state index is 0.461. The van der Waals surface area contributed by atoms with Gasteiger partial charge in [-0.05, 0) is 29.9 Å². The van der Waals surface area contributed by atoms with Gasteiger partial charge < -0.3 is 9.88 Å². The molecule has 0 amide bonds. The molecular formula is C17H15N3S2. The summed E-state index contributed by atoms with van der Waals surface area (Å²) in [6.45, 7) is 0. The Balaban J connectivity index is 1.86. The predicted molar refractivity (Wildman–Crippen MR) is 97.0 cm³/mol. The Hall–Kier alpha value is -2.24. The van der Waals surface area contributed by atoms with Crippen molar-refractivity contribution >= 4 is 34.4 Å². The van der Waals surface area contributed by atoms with E-state index in [4.69, 9.17) is 12.2 Å². The average Bonchev–Trinajstić information content (AvgIpc) is 2.90. The second-order valence-corrected chi connectivity index (χ2v) is 5.96. The molecule has 0 unspecified atom stereocenters. The Bertz CT molecular complexity index is 833. The highest BCUT2D eigenvalue weighted by molar-refractivity contribution is 7.80. The number of hydrogen-bond acceptors (Lipinski definition) is 2. The zero-order valence-corrected chi connectivity index (χ0v) is 13.7. The summed E-state index contributed by atoms with van der Waals surface area (Å²) in [6, 6.07) is 20.1. The first-order valence-electron chi connectivity index (χ1n) is 6.85. The lowest BCUT2D eigenvalue weighted by Gasteiger charge is -2.04. The average molecular weight is 325 g/mol. The Labute approximate surface area is 138 Å². The number of nitrogens with one attached hydrogen (secondary N) is 1. The van der Waals surface area contributed by atoms with Gasteiger partial charge >= 0.3 is 0 Å². The van der Waals surface area contributed by atoms with Crippen molar-refractivity contribution in [3.63, 3.8) is 0 Å². The third kappa shape index (κ3) is 3.32. The first kappa shape index (κ1) is 14.7. The minimum Gasteiger partial charge on any atom is -0.331 e. The molecule has 0 aliphatic heterocycles. The van der Waals surface area contributed by atoms with Crippen molar-refractivity contribution in [2.24, 2.45) is 12.0 Å². The van der Waals surface area contributed by atoms with Gasteiger partial charge in [-0.1, -0.05) is 48.5 Å². The molecule has 110 valence electrons. The standard InChI is InChI=1S/C17H15N3S2/c1-20-15(13-8-4-2-5-9-13)12-22-17(20)19-16(21)18-14-10-6-3-7-11-14/h2-12H,1H3,(H,18,21)/b19-17+. The van der Waals surface area contributed by atoms with E-state index in [0.29, 0.717) is 5.11 Å². The van der Waals surface area contributed by atoms with Gasteiger partial charge in [0, 0.05) is 18.1 Å². The first-order valence-corrected chi connectivity index (χ1v) is 8.13. The molecule has 5 heteroatoms. The molecule has 0 atom stereocenters. The molecule has 3 rings (SSSR count). The van der Waals surface area contributed by atoms with Gasteiger partial charge in [0.2, 0.25) is 0 Å². The number of hydrogen-bond donors (Lipinski definition) is 1. The summed E-state index contributed by atoms with van der Waals surface area (Å²) in [5, 5.41) is 5.68. The van der Waals surface area contributed by atoms with Gasteiger partial charge in [0.15, 0.2) is 9.91 Å². The summed E-state index contributed by atoms with van der Waals surface area (Å²) >= 11 is 6.90. The Morgan fingerprint density at radius 1 is 1.05 bits per heavy atom. The SMILES string of the molecule is Cn1c(-c2ccccc2)cs/c1=N/C(=S)Nc1ccccc1. The number of thiazole rings is 1. The second-order valence-electron chi connectivity index (χ2n) is 4.74. The van der Waals surface area contributed by atoms with Crippen LogP contribution in [0.2, 0.25) is 0 Å². The Kier molecular flexibility index (Phi) is 4.46. The van der Waals surface area contributed by atoms with Crippen LogP contribution in [0.5, 0.6) is 0 Å². The van der Waals surface area contributed by atoms with E-state index >= 15 is 0 Å². The van der Waals surface area contributed by atoms with E-state index in [1.165, 1.54) is 5.56 Å². The first-order chi connectivity index (χ1) is 10.7. The lowest BCUT2D eigenvalue weighted by molar-refractivity contribution is 0.887. The molecular weight excluding hydrogens is 310 g/mol. The number of nitrogens with zero attached hydrogens (tertiary/aromatic N) is 2. The predicted octanol–water partition coefficient (Wildman–Crippen LogP) is 4.05. The van der Waals surface area contributed by atoms with E-state index in [9.17, 15) is 0 Å². The van der Waals surface area contributed by atoms with Gasteiger partial charge in [-0.3, -0.25) is 0 Å². The highest BCUT2D eigenvalue weighted by Gasteiger charge is 2.04. The molecule has 3 nitrogen and oxygen atoms in total. The number of benzene rings is 2. The highest BCUT2D eigenvalue weighted by Crippen LogP contribution is 2.18. The van der Waals surface area contributed by atoms with Crippen LogP contribution in [0.25, 0.3) is 11.3 Å². The summed E-state index contributed by atoms with van der Waals surface area (Å²) in [6.07, 6.45) is 0. The molecule has 1 N–H and O–H groups in total. The summed E-state index contributed by atoms with van der Waals surface area (Å²) in [5.41, 5.74) is 3.25. The maximum absolute atomic E-state index is 5.32. The van der Waals surface area contributed by atoms with Crippen LogP contribution in [-0.2, 0) is 7.05 Å². The largest absolute Gasteiger partial charge is 0.331 e. The van der Waals surface area contributed by atoms with Crippen LogP contribution in [0.4, 0.5) is 5.69 Å². The van der Waals surface area contributed by atoms with Crippen molar-refractivity contribution in [2.45, 2.75) is 0 Å².